The van der Waals surface area contributed by atoms with Gasteiger partial charge in [-0.15, -0.1) is 0 Å². The van der Waals surface area contributed by atoms with Gasteiger partial charge in [0.1, 0.15) is 0 Å². The molecular weight excluding hydrogens is 340 g/mol. The van der Waals surface area contributed by atoms with E-state index in [1.165, 1.54) is 51.4 Å². The van der Waals surface area contributed by atoms with Gasteiger partial charge in [0.05, 0.1) is 19.8 Å². The van der Waals surface area contributed by atoms with Gasteiger partial charge in [-0.2, -0.15) is 0 Å². The predicted octanol–water partition coefficient (Wildman–Crippen LogP) is 1.46. The van der Waals surface area contributed by atoms with Crippen LogP contribution in [0.1, 0.15) is 51.4 Å². The van der Waals surface area contributed by atoms with Crippen molar-refractivity contribution in [3.05, 3.63) is 0 Å². The molecule has 0 radical (unpaired) electrons. The Morgan fingerprint density at radius 3 is 2.44 bits per heavy atom. The lowest BCUT2D eigenvalue weighted by atomic mass is 9.79. The molecule has 2 saturated heterocycles. The first-order chi connectivity index (χ1) is 13.2. The molecule has 0 spiro atoms. The molecule has 1 aliphatic carbocycles. The van der Waals surface area contributed by atoms with Gasteiger partial charge in [0.15, 0.2) is 0 Å². The summed E-state index contributed by atoms with van der Waals surface area (Å²) >= 11 is 0. The summed E-state index contributed by atoms with van der Waals surface area (Å²) in [6.45, 7) is 8.30. The van der Waals surface area contributed by atoms with Crippen LogP contribution in [0.3, 0.4) is 0 Å². The second-order valence-electron chi connectivity index (χ2n) is 8.77. The maximum absolute atomic E-state index is 12.6. The van der Waals surface area contributed by atoms with Crippen LogP contribution >= 0.6 is 0 Å². The minimum Gasteiger partial charge on any atom is -0.379 e. The van der Waals surface area contributed by atoms with Crippen LogP contribution in [0.25, 0.3) is 0 Å². The highest BCUT2D eigenvalue weighted by atomic mass is 16.5. The third-order valence-corrected chi connectivity index (χ3v) is 6.96. The van der Waals surface area contributed by atoms with E-state index in [9.17, 15) is 4.79 Å². The topological polar surface area (TPSA) is 56.8 Å². The van der Waals surface area contributed by atoms with Gasteiger partial charge in [0.25, 0.3) is 0 Å². The first-order valence-electron chi connectivity index (χ1n) is 11.2. The number of rotatable bonds is 8. The number of morpholine rings is 1. The SMILES string of the molecule is CNCCC1CCN(CC(=O)NCC2(N3CCOCC3)CCCCC2)CC1. The number of ether oxygens (including phenoxy) is 1. The molecule has 2 aliphatic heterocycles. The van der Waals surface area contributed by atoms with Crippen molar-refractivity contribution in [2.24, 2.45) is 5.92 Å². The van der Waals surface area contributed by atoms with E-state index >= 15 is 0 Å². The maximum Gasteiger partial charge on any atom is 0.234 e. The summed E-state index contributed by atoms with van der Waals surface area (Å²) in [5.41, 5.74) is 0.165. The average Bonchev–Trinajstić information content (AvgIpc) is 2.73. The molecule has 156 valence electrons. The van der Waals surface area contributed by atoms with Gasteiger partial charge in [-0.25, -0.2) is 0 Å². The predicted molar refractivity (Wildman–Crippen MR) is 109 cm³/mol. The van der Waals surface area contributed by atoms with Gasteiger partial charge in [0.2, 0.25) is 5.91 Å². The number of nitrogens with one attached hydrogen (secondary N) is 2. The Hall–Kier alpha value is -0.690. The molecule has 6 nitrogen and oxygen atoms in total. The molecule has 2 heterocycles. The lowest BCUT2D eigenvalue weighted by molar-refractivity contribution is -0.123. The van der Waals surface area contributed by atoms with Crippen LogP contribution in [0.15, 0.2) is 0 Å². The molecule has 0 atom stereocenters. The third kappa shape index (κ3) is 6.14. The Balaban J connectivity index is 1.43. The second-order valence-corrected chi connectivity index (χ2v) is 8.77. The van der Waals surface area contributed by atoms with E-state index in [0.29, 0.717) is 6.54 Å². The van der Waals surface area contributed by atoms with Gasteiger partial charge in [-0.1, -0.05) is 19.3 Å². The van der Waals surface area contributed by atoms with Gasteiger partial charge < -0.3 is 15.4 Å². The number of amides is 1. The number of carbonyl (C=O) groups excluding carboxylic acids is 1. The first kappa shape index (κ1) is 21.0. The Morgan fingerprint density at radius 1 is 1.07 bits per heavy atom. The molecule has 3 fully saturated rings. The van der Waals surface area contributed by atoms with Crippen LogP contribution in [0.2, 0.25) is 0 Å². The molecule has 0 aromatic heterocycles. The van der Waals surface area contributed by atoms with Crippen molar-refractivity contribution < 1.29 is 9.53 Å². The summed E-state index contributed by atoms with van der Waals surface area (Å²) in [5, 5.41) is 6.56. The van der Waals surface area contributed by atoms with E-state index < -0.39 is 0 Å². The lowest BCUT2D eigenvalue weighted by Gasteiger charge is -2.48. The molecule has 27 heavy (non-hydrogen) atoms. The van der Waals surface area contributed by atoms with Crippen molar-refractivity contribution in [3.8, 4) is 0 Å². The minimum absolute atomic E-state index is 0.165. The molecule has 0 unspecified atom stereocenters. The maximum atomic E-state index is 12.6. The number of hydrogen-bond acceptors (Lipinski definition) is 5. The standard InChI is InChI=1S/C21H40N4O2/c1-22-10-5-19-6-11-24(12-7-19)17-20(26)23-18-21(8-3-2-4-9-21)25-13-15-27-16-14-25/h19,22H,2-18H2,1H3,(H,23,26). The summed E-state index contributed by atoms with van der Waals surface area (Å²) in [7, 11) is 2.02. The molecule has 1 saturated carbocycles. The Morgan fingerprint density at radius 2 is 1.78 bits per heavy atom. The van der Waals surface area contributed by atoms with Gasteiger partial charge in [-0.05, 0) is 64.7 Å². The van der Waals surface area contributed by atoms with Crippen molar-refractivity contribution in [3.63, 3.8) is 0 Å². The Bertz CT molecular complexity index is 439. The monoisotopic (exact) mass is 380 g/mol. The molecule has 0 bridgehead atoms. The van der Waals surface area contributed by atoms with E-state index in [-0.39, 0.29) is 11.4 Å². The van der Waals surface area contributed by atoms with Gasteiger partial charge >= 0.3 is 0 Å². The van der Waals surface area contributed by atoms with Gasteiger partial charge in [-0.3, -0.25) is 14.6 Å². The smallest absolute Gasteiger partial charge is 0.234 e. The summed E-state index contributed by atoms with van der Waals surface area (Å²) in [5.74, 6) is 1.03. The van der Waals surface area contributed by atoms with Crippen LogP contribution in [-0.4, -0.2) is 87.3 Å². The molecule has 0 aromatic carbocycles. The lowest BCUT2D eigenvalue weighted by Crippen LogP contribution is -2.60. The number of hydrogen-bond donors (Lipinski definition) is 2. The van der Waals surface area contributed by atoms with Crippen molar-refractivity contribution in [2.75, 3.05) is 66.1 Å². The molecule has 2 N–H and O–H groups in total. The molecule has 0 aromatic rings. The summed E-state index contributed by atoms with van der Waals surface area (Å²) in [6, 6.07) is 0. The number of carbonyl (C=O) groups is 1. The number of piperidine rings is 1. The van der Waals surface area contributed by atoms with E-state index in [2.05, 4.69) is 20.4 Å². The van der Waals surface area contributed by atoms with E-state index in [4.69, 9.17) is 4.74 Å². The average molecular weight is 381 g/mol. The zero-order valence-electron chi connectivity index (χ0n) is 17.3. The molecule has 3 aliphatic rings. The van der Waals surface area contributed by atoms with Crippen LogP contribution in [0, 0.1) is 5.92 Å². The summed E-state index contributed by atoms with van der Waals surface area (Å²) in [4.78, 5) is 17.6. The largest absolute Gasteiger partial charge is 0.379 e. The highest BCUT2D eigenvalue weighted by Gasteiger charge is 2.38. The highest BCUT2D eigenvalue weighted by molar-refractivity contribution is 5.78. The summed E-state index contributed by atoms with van der Waals surface area (Å²) < 4.78 is 5.56. The number of nitrogens with zero attached hydrogens (tertiary/aromatic N) is 2. The molecule has 1 amide bonds. The van der Waals surface area contributed by atoms with E-state index in [0.717, 1.165) is 58.4 Å². The Labute approximate surface area is 165 Å². The van der Waals surface area contributed by atoms with Gasteiger partial charge in [0, 0.05) is 25.2 Å². The van der Waals surface area contributed by atoms with E-state index in [1.54, 1.807) is 0 Å². The van der Waals surface area contributed by atoms with Crippen LogP contribution < -0.4 is 10.6 Å². The first-order valence-corrected chi connectivity index (χ1v) is 11.2. The van der Waals surface area contributed by atoms with Crippen molar-refractivity contribution in [2.45, 2.75) is 56.9 Å². The fourth-order valence-electron chi connectivity index (χ4n) is 5.16. The van der Waals surface area contributed by atoms with Crippen molar-refractivity contribution in [1.29, 1.82) is 0 Å². The molecular formula is C21H40N4O2. The van der Waals surface area contributed by atoms with Crippen molar-refractivity contribution >= 4 is 5.91 Å². The quantitative estimate of drug-likeness (QED) is 0.668. The number of likely N-dealkylation sites (tertiary alicyclic amines) is 1. The molecule has 6 heteroatoms. The fraction of sp³-hybridized carbons (Fsp3) is 0.952. The highest BCUT2D eigenvalue weighted by Crippen LogP contribution is 2.33. The second kappa shape index (κ2) is 10.7. The zero-order chi connectivity index (χ0) is 19.0. The minimum atomic E-state index is 0.165. The normalized spacial score (nSPS) is 25.4. The fourth-order valence-corrected chi connectivity index (χ4v) is 5.16. The zero-order valence-corrected chi connectivity index (χ0v) is 17.3. The Kier molecular flexibility index (Phi) is 8.37. The molecule has 3 rings (SSSR count). The van der Waals surface area contributed by atoms with Crippen LogP contribution in [-0.2, 0) is 9.53 Å². The van der Waals surface area contributed by atoms with Crippen molar-refractivity contribution in [1.82, 2.24) is 20.4 Å². The summed E-state index contributed by atoms with van der Waals surface area (Å²) in [6.07, 6.45) is 10.1. The third-order valence-electron chi connectivity index (χ3n) is 6.96. The van der Waals surface area contributed by atoms with Crippen LogP contribution in [0.4, 0.5) is 0 Å². The van der Waals surface area contributed by atoms with E-state index in [1.807, 2.05) is 7.05 Å². The van der Waals surface area contributed by atoms with Crippen LogP contribution in [0.5, 0.6) is 0 Å².